The van der Waals surface area contributed by atoms with Gasteiger partial charge in [-0.1, -0.05) is 0 Å². The largest absolute Gasteiger partial charge is 0.388 e. The van der Waals surface area contributed by atoms with Gasteiger partial charge < -0.3 is 9.84 Å². The van der Waals surface area contributed by atoms with Crippen LogP contribution in [0.5, 0.6) is 0 Å². The van der Waals surface area contributed by atoms with Crippen molar-refractivity contribution in [2.24, 2.45) is 0 Å². The SMILES string of the molecule is CC(O)c1cnc(C2CN(C(C)C)CCO2)s1. The summed E-state index contributed by atoms with van der Waals surface area (Å²) in [6, 6.07) is 0.539. The Morgan fingerprint density at radius 2 is 2.29 bits per heavy atom. The van der Waals surface area contributed by atoms with Crippen LogP contribution in [-0.4, -0.2) is 40.7 Å². The quantitative estimate of drug-likeness (QED) is 0.898. The summed E-state index contributed by atoms with van der Waals surface area (Å²) < 4.78 is 5.76. The third-order valence-electron chi connectivity index (χ3n) is 3.06. The van der Waals surface area contributed by atoms with Crippen LogP contribution in [-0.2, 0) is 4.74 Å². The zero-order valence-electron chi connectivity index (χ0n) is 10.6. The second-order valence-electron chi connectivity index (χ2n) is 4.72. The number of aromatic nitrogens is 1. The number of morpholine rings is 1. The molecule has 2 heterocycles. The van der Waals surface area contributed by atoms with E-state index in [4.69, 9.17) is 4.74 Å². The molecule has 5 heteroatoms. The van der Waals surface area contributed by atoms with E-state index in [2.05, 4.69) is 23.7 Å². The first-order valence-corrected chi connectivity index (χ1v) is 6.89. The van der Waals surface area contributed by atoms with Gasteiger partial charge in [0.2, 0.25) is 0 Å². The molecule has 0 amide bonds. The first-order valence-electron chi connectivity index (χ1n) is 6.07. The third-order valence-corrected chi connectivity index (χ3v) is 4.32. The van der Waals surface area contributed by atoms with E-state index in [1.807, 2.05) is 0 Å². The number of ether oxygens (including phenoxy) is 1. The summed E-state index contributed by atoms with van der Waals surface area (Å²) in [6.45, 7) is 8.80. The summed E-state index contributed by atoms with van der Waals surface area (Å²) in [5, 5.41) is 10.5. The van der Waals surface area contributed by atoms with Crippen molar-refractivity contribution >= 4 is 11.3 Å². The summed E-state index contributed by atoms with van der Waals surface area (Å²) >= 11 is 1.55. The molecule has 0 saturated carbocycles. The topological polar surface area (TPSA) is 45.6 Å². The maximum absolute atomic E-state index is 9.49. The molecule has 1 aromatic rings. The Bertz CT molecular complexity index is 365. The predicted octanol–water partition coefficient (Wildman–Crippen LogP) is 1.98. The highest BCUT2D eigenvalue weighted by molar-refractivity contribution is 7.11. The number of hydrogen-bond acceptors (Lipinski definition) is 5. The average molecular weight is 256 g/mol. The maximum Gasteiger partial charge on any atom is 0.123 e. The Hall–Kier alpha value is -0.490. The number of nitrogens with zero attached hydrogens (tertiary/aromatic N) is 2. The van der Waals surface area contributed by atoms with Crippen LogP contribution in [0.25, 0.3) is 0 Å². The van der Waals surface area contributed by atoms with Crippen molar-refractivity contribution < 1.29 is 9.84 Å². The van der Waals surface area contributed by atoms with Crippen molar-refractivity contribution in [3.05, 3.63) is 16.1 Å². The number of aliphatic hydroxyl groups excluding tert-OH is 1. The van der Waals surface area contributed by atoms with Gasteiger partial charge in [-0.05, 0) is 20.8 Å². The van der Waals surface area contributed by atoms with Crippen molar-refractivity contribution in [1.82, 2.24) is 9.88 Å². The molecule has 0 aliphatic carbocycles. The lowest BCUT2D eigenvalue weighted by molar-refractivity contribution is -0.0402. The summed E-state index contributed by atoms with van der Waals surface area (Å²) in [4.78, 5) is 7.67. The van der Waals surface area contributed by atoms with Crippen molar-refractivity contribution in [2.75, 3.05) is 19.7 Å². The zero-order valence-corrected chi connectivity index (χ0v) is 11.4. The molecule has 0 aromatic carbocycles. The van der Waals surface area contributed by atoms with Crippen LogP contribution in [0.1, 0.15) is 42.9 Å². The number of aliphatic hydroxyl groups is 1. The minimum atomic E-state index is -0.439. The van der Waals surface area contributed by atoms with Crippen LogP contribution in [0, 0.1) is 0 Å². The number of thiazole rings is 1. The van der Waals surface area contributed by atoms with Gasteiger partial charge in [-0.3, -0.25) is 4.90 Å². The summed E-state index contributed by atoms with van der Waals surface area (Å²) in [5.74, 6) is 0. The molecule has 4 nitrogen and oxygen atoms in total. The predicted molar refractivity (Wildman–Crippen MR) is 68.1 cm³/mol. The molecule has 0 radical (unpaired) electrons. The highest BCUT2D eigenvalue weighted by Crippen LogP contribution is 2.29. The Labute approximate surface area is 106 Å². The van der Waals surface area contributed by atoms with Gasteiger partial charge in [-0.25, -0.2) is 4.98 Å². The fourth-order valence-electron chi connectivity index (χ4n) is 1.93. The van der Waals surface area contributed by atoms with Crippen LogP contribution in [0.3, 0.4) is 0 Å². The van der Waals surface area contributed by atoms with E-state index in [9.17, 15) is 5.11 Å². The second-order valence-corrected chi connectivity index (χ2v) is 5.82. The molecule has 0 bridgehead atoms. The van der Waals surface area contributed by atoms with Crippen LogP contribution < -0.4 is 0 Å². The van der Waals surface area contributed by atoms with Gasteiger partial charge in [0.25, 0.3) is 0 Å². The minimum absolute atomic E-state index is 0.0589. The molecule has 2 unspecified atom stereocenters. The molecule has 96 valence electrons. The second kappa shape index (κ2) is 5.44. The average Bonchev–Trinajstić information content (AvgIpc) is 2.78. The fraction of sp³-hybridized carbons (Fsp3) is 0.750. The van der Waals surface area contributed by atoms with E-state index in [-0.39, 0.29) is 6.10 Å². The lowest BCUT2D eigenvalue weighted by atomic mass is 10.2. The Morgan fingerprint density at radius 3 is 2.88 bits per heavy atom. The highest BCUT2D eigenvalue weighted by Gasteiger charge is 2.26. The van der Waals surface area contributed by atoms with E-state index in [1.54, 1.807) is 24.5 Å². The van der Waals surface area contributed by atoms with E-state index < -0.39 is 6.10 Å². The molecule has 1 fully saturated rings. The van der Waals surface area contributed by atoms with Gasteiger partial charge in [-0.15, -0.1) is 11.3 Å². The van der Waals surface area contributed by atoms with Gasteiger partial charge in [-0.2, -0.15) is 0 Å². The minimum Gasteiger partial charge on any atom is -0.388 e. The van der Waals surface area contributed by atoms with Crippen LogP contribution in [0.15, 0.2) is 6.20 Å². The summed E-state index contributed by atoms with van der Waals surface area (Å²) in [6.07, 6.45) is 1.37. The smallest absolute Gasteiger partial charge is 0.123 e. The van der Waals surface area contributed by atoms with Gasteiger partial charge >= 0.3 is 0 Å². The Balaban J connectivity index is 2.05. The lowest BCUT2D eigenvalue weighted by Gasteiger charge is -2.34. The maximum atomic E-state index is 9.49. The normalized spacial score (nSPS) is 24.2. The first-order chi connectivity index (χ1) is 8.08. The third kappa shape index (κ3) is 3.04. The number of rotatable bonds is 3. The van der Waals surface area contributed by atoms with Crippen LogP contribution >= 0.6 is 11.3 Å². The monoisotopic (exact) mass is 256 g/mol. The number of hydrogen-bond donors (Lipinski definition) is 1. The van der Waals surface area contributed by atoms with E-state index in [0.29, 0.717) is 6.04 Å². The molecule has 1 aliphatic rings. The molecule has 1 N–H and O–H groups in total. The molecule has 2 rings (SSSR count). The first kappa shape index (κ1) is 13.0. The molecule has 17 heavy (non-hydrogen) atoms. The van der Waals surface area contributed by atoms with Gasteiger partial charge in [0.1, 0.15) is 11.1 Å². The van der Waals surface area contributed by atoms with Crippen molar-refractivity contribution in [3.63, 3.8) is 0 Å². The van der Waals surface area contributed by atoms with Gasteiger partial charge in [0, 0.05) is 25.3 Å². The van der Waals surface area contributed by atoms with Gasteiger partial charge in [0.05, 0.1) is 17.6 Å². The summed E-state index contributed by atoms with van der Waals surface area (Å²) in [5.41, 5.74) is 0. The highest BCUT2D eigenvalue weighted by atomic mass is 32.1. The van der Waals surface area contributed by atoms with E-state index >= 15 is 0 Å². The van der Waals surface area contributed by atoms with Gasteiger partial charge in [0.15, 0.2) is 0 Å². The van der Waals surface area contributed by atoms with Crippen LogP contribution in [0.4, 0.5) is 0 Å². The van der Waals surface area contributed by atoms with Crippen LogP contribution in [0.2, 0.25) is 0 Å². The van der Waals surface area contributed by atoms with E-state index in [0.717, 1.165) is 29.6 Å². The van der Waals surface area contributed by atoms with Crippen molar-refractivity contribution in [2.45, 2.75) is 39.0 Å². The van der Waals surface area contributed by atoms with Crippen molar-refractivity contribution in [3.8, 4) is 0 Å². The van der Waals surface area contributed by atoms with E-state index in [1.165, 1.54) is 0 Å². The molecule has 1 aliphatic heterocycles. The van der Waals surface area contributed by atoms with Crippen molar-refractivity contribution in [1.29, 1.82) is 0 Å². The molecule has 2 atom stereocenters. The molecule has 1 saturated heterocycles. The fourth-order valence-corrected chi connectivity index (χ4v) is 2.83. The molecular formula is C12H20N2O2S. The molecule has 0 spiro atoms. The standard InChI is InChI=1S/C12H20N2O2S/c1-8(2)14-4-5-16-10(7-14)12-13-6-11(17-12)9(3)15/h6,8-10,15H,4-5,7H2,1-3H3. The Morgan fingerprint density at radius 1 is 1.53 bits per heavy atom. The molecular weight excluding hydrogens is 236 g/mol. The molecule has 1 aromatic heterocycles. The zero-order chi connectivity index (χ0) is 12.4. The summed E-state index contributed by atoms with van der Waals surface area (Å²) in [7, 11) is 0. The lowest BCUT2D eigenvalue weighted by Crippen LogP contribution is -2.42. The Kier molecular flexibility index (Phi) is 4.14.